The molecule has 0 radical (unpaired) electrons. The summed E-state index contributed by atoms with van der Waals surface area (Å²) in [4.78, 5) is 24.2. The highest BCUT2D eigenvalue weighted by Gasteiger charge is 2.36. The summed E-state index contributed by atoms with van der Waals surface area (Å²) in [5, 5.41) is 2.99. The predicted molar refractivity (Wildman–Crippen MR) is 80.8 cm³/mol. The van der Waals surface area contributed by atoms with Gasteiger partial charge < -0.3 is 11.1 Å². The molecule has 2 atom stereocenters. The molecule has 20 heavy (non-hydrogen) atoms. The number of hydrogen-bond donors (Lipinski definition) is 2. The fraction of sp³-hybridized carbons (Fsp3) is 0.750. The van der Waals surface area contributed by atoms with Crippen molar-refractivity contribution in [3.8, 4) is 0 Å². The van der Waals surface area contributed by atoms with E-state index in [2.05, 4.69) is 11.9 Å². The van der Waals surface area contributed by atoms with Crippen molar-refractivity contribution in [3.05, 3.63) is 12.7 Å². The molecule has 0 saturated heterocycles. The van der Waals surface area contributed by atoms with E-state index in [0.717, 1.165) is 19.3 Å². The first-order valence-corrected chi connectivity index (χ1v) is 7.47. The van der Waals surface area contributed by atoms with E-state index in [4.69, 9.17) is 5.73 Å². The molecule has 0 aromatic rings. The van der Waals surface area contributed by atoms with E-state index in [1.165, 1.54) is 6.42 Å². The Balaban J connectivity index is 2.83. The molecular formula is C16H28N2O2. The summed E-state index contributed by atoms with van der Waals surface area (Å²) in [7, 11) is 0. The number of carbonyl (C=O) groups excluding carboxylic acids is 2. The summed E-state index contributed by atoms with van der Waals surface area (Å²) in [6, 6.07) is 0. The van der Waals surface area contributed by atoms with Gasteiger partial charge in [0.1, 0.15) is 0 Å². The standard InChI is InChI=1S/C16H28N2O2/c1-5-7-12(14(17)19)13(10-11-8-6-9-11)15(20)18-16(2,3)4/h5,11-13H,1,6-10H2,2-4H3,(H2,17,19)(H,18,20). The minimum Gasteiger partial charge on any atom is -0.369 e. The Labute approximate surface area is 122 Å². The van der Waals surface area contributed by atoms with Crippen LogP contribution in [0.15, 0.2) is 12.7 Å². The van der Waals surface area contributed by atoms with E-state index in [9.17, 15) is 9.59 Å². The minimum absolute atomic E-state index is 0.0601. The highest BCUT2D eigenvalue weighted by atomic mass is 16.2. The Morgan fingerprint density at radius 1 is 1.35 bits per heavy atom. The Bertz CT molecular complexity index is 367. The van der Waals surface area contributed by atoms with E-state index in [-0.39, 0.29) is 17.4 Å². The Morgan fingerprint density at radius 2 is 1.95 bits per heavy atom. The van der Waals surface area contributed by atoms with Crippen LogP contribution < -0.4 is 11.1 Å². The zero-order valence-electron chi connectivity index (χ0n) is 12.9. The lowest BCUT2D eigenvalue weighted by Gasteiger charge is -2.33. The molecule has 2 amide bonds. The summed E-state index contributed by atoms with van der Waals surface area (Å²) in [5.74, 6) is -0.698. The quantitative estimate of drug-likeness (QED) is 0.703. The van der Waals surface area contributed by atoms with Gasteiger partial charge in [-0.25, -0.2) is 0 Å². The summed E-state index contributed by atoms with van der Waals surface area (Å²) < 4.78 is 0. The molecule has 3 N–H and O–H groups in total. The van der Waals surface area contributed by atoms with Crippen LogP contribution in [-0.2, 0) is 9.59 Å². The van der Waals surface area contributed by atoms with Crippen LogP contribution in [0.5, 0.6) is 0 Å². The first kappa shape index (κ1) is 16.7. The largest absolute Gasteiger partial charge is 0.369 e. The second kappa shape index (κ2) is 6.91. The van der Waals surface area contributed by atoms with Crippen LogP contribution in [0.1, 0.15) is 52.9 Å². The van der Waals surface area contributed by atoms with Crippen molar-refractivity contribution in [2.75, 3.05) is 0 Å². The van der Waals surface area contributed by atoms with Gasteiger partial charge in [0, 0.05) is 5.54 Å². The van der Waals surface area contributed by atoms with Crippen LogP contribution in [0, 0.1) is 17.8 Å². The van der Waals surface area contributed by atoms with Gasteiger partial charge in [-0.2, -0.15) is 0 Å². The number of allylic oxidation sites excluding steroid dienone is 1. The molecular weight excluding hydrogens is 252 g/mol. The van der Waals surface area contributed by atoms with Gasteiger partial charge in [0.05, 0.1) is 11.8 Å². The van der Waals surface area contributed by atoms with Crippen LogP contribution in [0.3, 0.4) is 0 Å². The van der Waals surface area contributed by atoms with Crippen LogP contribution in [-0.4, -0.2) is 17.4 Å². The maximum absolute atomic E-state index is 12.5. The molecule has 0 aromatic heterocycles. The van der Waals surface area contributed by atoms with Crippen molar-refractivity contribution in [2.45, 2.75) is 58.4 Å². The van der Waals surface area contributed by atoms with Gasteiger partial charge >= 0.3 is 0 Å². The lowest BCUT2D eigenvalue weighted by Crippen LogP contribution is -2.48. The number of rotatable bonds is 7. The number of hydrogen-bond acceptors (Lipinski definition) is 2. The molecule has 2 unspecified atom stereocenters. The van der Waals surface area contributed by atoms with Gasteiger partial charge in [0.25, 0.3) is 0 Å². The van der Waals surface area contributed by atoms with E-state index in [1.54, 1.807) is 6.08 Å². The smallest absolute Gasteiger partial charge is 0.224 e. The Kier molecular flexibility index (Phi) is 5.78. The zero-order valence-corrected chi connectivity index (χ0v) is 12.9. The summed E-state index contributed by atoms with van der Waals surface area (Å²) in [6.07, 6.45) is 6.42. The van der Waals surface area contributed by atoms with Crippen LogP contribution in [0.25, 0.3) is 0 Å². The Morgan fingerprint density at radius 3 is 2.30 bits per heavy atom. The molecule has 0 aromatic carbocycles. The van der Waals surface area contributed by atoms with Gasteiger partial charge in [-0.05, 0) is 39.5 Å². The van der Waals surface area contributed by atoms with Crippen LogP contribution >= 0.6 is 0 Å². The second-order valence-electron chi connectivity index (χ2n) is 6.91. The van der Waals surface area contributed by atoms with E-state index in [0.29, 0.717) is 12.3 Å². The summed E-state index contributed by atoms with van der Waals surface area (Å²) in [6.45, 7) is 9.50. The topological polar surface area (TPSA) is 72.2 Å². The Hall–Kier alpha value is -1.32. The lowest BCUT2D eigenvalue weighted by molar-refractivity contribution is -0.135. The third kappa shape index (κ3) is 4.99. The molecule has 1 fully saturated rings. The van der Waals surface area contributed by atoms with Crippen molar-refractivity contribution in [2.24, 2.45) is 23.5 Å². The normalized spacial score (nSPS) is 18.8. The molecule has 0 aliphatic heterocycles. The maximum Gasteiger partial charge on any atom is 0.224 e. The van der Waals surface area contributed by atoms with Gasteiger partial charge in [-0.1, -0.05) is 25.3 Å². The number of amides is 2. The van der Waals surface area contributed by atoms with E-state index < -0.39 is 11.8 Å². The van der Waals surface area contributed by atoms with Crippen molar-refractivity contribution in [1.82, 2.24) is 5.32 Å². The third-order valence-corrected chi connectivity index (χ3v) is 3.92. The van der Waals surface area contributed by atoms with Gasteiger partial charge in [-0.3, -0.25) is 9.59 Å². The van der Waals surface area contributed by atoms with Gasteiger partial charge in [-0.15, -0.1) is 6.58 Å². The van der Waals surface area contributed by atoms with E-state index in [1.807, 2.05) is 20.8 Å². The van der Waals surface area contributed by atoms with Gasteiger partial charge in [0.15, 0.2) is 0 Å². The third-order valence-electron chi connectivity index (χ3n) is 3.92. The fourth-order valence-electron chi connectivity index (χ4n) is 2.66. The molecule has 1 aliphatic carbocycles. The highest BCUT2D eigenvalue weighted by molar-refractivity contribution is 5.87. The number of nitrogens with one attached hydrogen (secondary N) is 1. The first-order chi connectivity index (χ1) is 9.24. The maximum atomic E-state index is 12.5. The van der Waals surface area contributed by atoms with Crippen molar-refractivity contribution < 1.29 is 9.59 Å². The minimum atomic E-state index is -0.449. The SMILES string of the molecule is C=CCC(C(N)=O)C(CC1CCC1)C(=O)NC(C)(C)C. The molecule has 1 aliphatic rings. The van der Waals surface area contributed by atoms with Crippen LogP contribution in [0.4, 0.5) is 0 Å². The molecule has 0 bridgehead atoms. The molecule has 0 spiro atoms. The first-order valence-electron chi connectivity index (χ1n) is 7.47. The number of nitrogens with two attached hydrogens (primary N) is 1. The fourth-order valence-corrected chi connectivity index (χ4v) is 2.66. The second-order valence-corrected chi connectivity index (χ2v) is 6.91. The van der Waals surface area contributed by atoms with Crippen molar-refractivity contribution in [3.63, 3.8) is 0 Å². The molecule has 4 heteroatoms. The lowest BCUT2D eigenvalue weighted by atomic mass is 9.74. The average molecular weight is 280 g/mol. The van der Waals surface area contributed by atoms with Crippen molar-refractivity contribution >= 4 is 11.8 Å². The highest BCUT2D eigenvalue weighted by Crippen LogP contribution is 2.35. The summed E-state index contributed by atoms with van der Waals surface area (Å²) in [5.41, 5.74) is 5.19. The number of primary amides is 1. The summed E-state index contributed by atoms with van der Waals surface area (Å²) >= 11 is 0. The molecule has 1 saturated carbocycles. The zero-order chi connectivity index (χ0) is 15.3. The number of carbonyl (C=O) groups is 2. The average Bonchev–Trinajstić information content (AvgIpc) is 2.22. The van der Waals surface area contributed by atoms with Crippen molar-refractivity contribution in [1.29, 1.82) is 0 Å². The monoisotopic (exact) mass is 280 g/mol. The molecule has 114 valence electrons. The molecule has 0 heterocycles. The van der Waals surface area contributed by atoms with E-state index >= 15 is 0 Å². The van der Waals surface area contributed by atoms with Gasteiger partial charge in [0.2, 0.25) is 11.8 Å². The van der Waals surface area contributed by atoms with Crippen LogP contribution in [0.2, 0.25) is 0 Å². The molecule has 4 nitrogen and oxygen atoms in total. The molecule has 1 rings (SSSR count). The predicted octanol–water partition coefficient (Wildman–Crippen LogP) is 2.39.